The lowest BCUT2D eigenvalue weighted by Crippen LogP contribution is -2.21. The molecular formula is C12H9ClN4. The van der Waals surface area contributed by atoms with Crippen LogP contribution in [0.1, 0.15) is 5.56 Å². The average Bonchev–Trinajstić information content (AvgIpc) is 2.80. The number of fused-ring (bicyclic) bond motifs is 3. The maximum atomic E-state index is 9.18. The van der Waals surface area contributed by atoms with Crippen molar-refractivity contribution in [2.45, 2.75) is 6.54 Å². The van der Waals surface area contributed by atoms with Gasteiger partial charge in [0.15, 0.2) is 0 Å². The van der Waals surface area contributed by atoms with E-state index in [0.717, 1.165) is 23.1 Å². The Labute approximate surface area is 103 Å². The summed E-state index contributed by atoms with van der Waals surface area (Å²) in [5.41, 5.74) is 0.673. The molecule has 3 rings (SSSR count). The Hall–Kier alpha value is -1.99. The summed E-state index contributed by atoms with van der Waals surface area (Å²) in [6.07, 6.45) is 0. The van der Waals surface area contributed by atoms with Crippen LogP contribution in [0.2, 0.25) is 5.02 Å². The van der Waals surface area contributed by atoms with Crippen LogP contribution in [0, 0.1) is 16.7 Å². The highest BCUT2D eigenvalue weighted by atomic mass is 35.5. The highest BCUT2D eigenvalue weighted by Crippen LogP contribution is 2.28. The van der Waals surface area contributed by atoms with Gasteiger partial charge >= 0.3 is 0 Å². The molecule has 1 aromatic heterocycles. The average molecular weight is 245 g/mol. The van der Waals surface area contributed by atoms with Crippen LogP contribution in [-0.2, 0) is 6.54 Å². The second-order valence-electron chi connectivity index (χ2n) is 3.95. The number of nitrogens with one attached hydrogen (secondary N) is 2. The fourth-order valence-electron chi connectivity index (χ4n) is 2.26. The molecule has 2 N–H and O–H groups in total. The Bertz CT molecular complexity index is 724. The molecule has 2 heterocycles. The molecule has 84 valence electrons. The maximum Gasteiger partial charge on any atom is 0.145 e. The number of rotatable bonds is 0. The quantitative estimate of drug-likeness (QED) is 0.745. The van der Waals surface area contributed by atoms with Crippen molar-refractivity contribution in [2.24, 2.45) is 0 Å². The molecular weight excluding hydrogens is 236 g/mol. The third-order valence-electron chi connectivity index (χ3n) is 3.02. The molecule has 0 saturated heterocycles. The van der Waals surface area contributed by atoms with E-state index in [9.17, 15) is 5.26 Å². The topological polar surface area (TPSA) is 64.6 Å². The minimum Gasteiger partial charge on any atom is -0.369 e. The van der Waals surface area contributed by atoms with Crippen LogP contribution in [0.4, 0.5) is 5.82 Å². The van der Waals surface area contributed by atoms with Gasteiger partial charge in [-0.3, -0.25) is 5.41 Å². The summed E-state index contributed by atoms with van der Waals surface area (Å²) in [7, 11) is 0. The number of benzene rings is 1. The third kappa shape index (κ3) is 1.33. The van der Waals surface area contributed by atoms with E-state index < -0.39 is 0 Å². The molecule has 1 aromatic carbocycles. The van der Waals surface area contributed by atoms with E-state index in [1.165, 1.54) is 0 Å². The van der Waals surface area contributed by atoms with E-state index in [1.807, 2.05) is 10.6 Å². The number of hydrogen-bond acceptors (Lipinski definition) is 3. The number of hydrogen-bond donors (Lipinski definition) is 2. The number of nitriles is 1. The lowest BCUT2D eigenvalue weighted by molar-refractivity contribution is 0.746. The molecule has 5 heteroatoms. The Balaban J connectivity index is 2.58. The summed E-state index contributed by atoms with van der Waals surface area (Å²) in [6, 6.07) is 7.49. The van der Waals surface area contributed by atoms with Crippen molar-refractivity contribution in [3.05, 3.63) is 34.3 Å². The zero-order valence-corrected chi connectivity index (χ0v) is 9.67. The largest absolute Gasteiger partial charge is 0.369 e. The lowest BCUT2D eigenvalue weighted by atomic mass is 10.1. The first-order chi connectivity index (χ1) is 8.22. The molecule has 0 amide bonds. The molecule has 0 bridgehead atoms. The number of pyridine rings is 1. The second kappa shape index (κ2) is 3.51. The van der Waals surface area contributed by atoms with Crippen molar-refractivity contribution in [1.82, 2.24) is 4.57 Å². The Morgan fingerprint density at radius 2 is 2.24 bits per heavy atom. The molecule has 0 atom stereocenters. The minimum atomic E-state index is 0.266. The van der Waals surface area contributed by atoms with Gasteiger partial charge in [0.05, 0.1) is 0 Å². The van der Waals surface area contributed by atoms with Gasteiger partial charge in [0.2, 0.25) is 0 Å². The zero-order chi connectivity index (χ0) is 12.0. The van der Waals surface area contributed by atoms with Gasteiger partial charge in [0.1, 0.15) is 22.9 Å². The van der Waals surface area contributed by atoms with E-state index in [-0.39, 0.29) is 5.49 Å². The first-order valence-electron chi connectivity index (χ1n) is 5.27. The van der Waals surface area contributed by atoms with Crippen molar-refractivity contribution in [3.8, 4) is 6.07 Å². The molecule has 2 aromatic rings. The first-order valence-corrected chi connectivity index (χ1v) is 5.65. The van der Waals surface area contributed by atoms with E-state index in [0.29, 0.717) is 17.1 Å². The SMILES string of the molecule is N#Cc1c(=N)n2c(c3cc(Cl)ccc13)NCC2. The van der Waals surface area contributed by atoms with Gasteiger partial charge in [0.25, 0.3) is 0 Å². The molecule has 0 aliphatic carbocycles. The van der Waals surface area contributed by atoms with Crippen LogP contribution in [-0.4, -0.2) is 11.1 Å². The van der Waals surface area contributed by atoms with Gasteiger partial charge in [-0.25, -0.2) is 0 Å². The van der Waals surface area contributed by atoms with Crippen LogP contribution in [0.25, 0.3) is 10.8 Å². The van der Waals surface area contributed by atoms with Crippen molar-refractivity contribution < 1.29 is 0 Å². The van der Waals surface area contributed by atoms with E-state index in [4.69, 9.17) is 17.0 Å². The smallest absolute Gasteiger partial charge is 0.145 e. The summed E-state index contributed by atoms with van der Waals surface area (Å²) < 4.78 is 1.82. The van der Waals surface area contributed by atoms with Crippen LogP contribution < -0.4 is 10.8 Å². The summed E-state index contributed by atoms with van der Waals surface area (Å²) in [5.74, 6) is 0.881. The lowest BCUT2D eigenvalue weighted by Gasteiger charge is -2.10. The molecule has 0 saturated carbocycles. The fourth-order valence-corrected chi connectivity index (χ4v) is 2.44. The summed E-state index contributed by atoms with van der Waals surface area (Å²) >= 11 is 5.99. The second-order valence-corrected chi connectivity index (χ2v) is 4.39. The minimum absolute atomic E-state index is 0.266. The van der Waals surface area contributed by atoms with E-state index in [1.54, 1.807) is 12.1 Å². The fraction of sp³-hybridized carbons (Fsp3) is 0.167. The Kier molecular flexibility index (Phi) is 2.10. The van der Waals surface area contributed by atoms with Crippen molar-refractivity contribution in [3.63, 3.8) is 0 Å². The van der Waals surface area contributed by atoms with E-state index in [2.05, 4.69) is 11.4 Å². The molecule has 1 aliphatic heterocycles. The maximum absolute atomic E-state index is 9.18. The summed E-state index contributed by atoms with van der Waals surface area (Å²) in [6.45, 7) is 1.49. The van der Waals surface area contributed by atoms with Crippen molar-refractivity contribution in [1.29, 1.82) is 10.7 Å². The molecule has 0 unspecified atom stereocenters. The van der Waals surface area contributed by atoms with Crippen LogP contribution in [0.3, 0.4) is 0 Å². The summed E-state index contributed by atoms with van der Waals surface area (Å²) in [5, 5.41) is 22.8. The van der Waals surface area contributed by atoms with Gasteiger partial charge in [-0.15, -0.1) is 0 Å². The predicted molar refractivity (Wildman–Crippen MR) is 66.0 cm³/mol. The van der Waals surface area contributed by atoms with Crippen molar-refractivity contribution in [2.75, 3.05) is 11.9 Å². The summed E-state index contributed by atoms with van der Waals surface area (Å²) in [4.78, 5) is 0. The predicted octanol–water partition coefficient (Wildman–Crippen LogP) is 2.07. The van der Waals surface area contributed by atoms with E-state index >= 15 is 0 Å². The molecule has 0 radical (unpaired) electrons. The Morgan fingerprint density at radius 1 is 1.41 bits per heavy atom. The zero-order valence-electron chi connectivity index (χ0n) is 8.92. The van der Waals surface area contributed by atoms with Crippen LogP contribution in [0.5, 0.6) is 0 Å². The monoisotopic (exact) mass is 244 g/mol. The van der Waals surface area contributed by atoms with Gasteiger partial charge in [-0.05, 0) is 12.1 Å². The van der Waals surface area contributed by atoms with Crippen molar-refractivity contribution >= 4 is 28.2 Å². The van der Waals surface area contributed by atoms with Gasteiger partial charge in [0, 0.05) is 28.9 Å². The first kappa shape index (κ1) is 10.2. The Morgan fingerprint density at radius 3 is 3.00 bits per heavy atom. The number of nitrogens with zero attached hydrogens (tertiary/aromatic N) is 2. The standard InChI is InChI=1S/C12H9ClN4/c13-7-1-2-8-9(5-7)12-16-3-4-17(12)11(15)10(8)6-14/h1-2,5,15-16H,3-4H2. The van der Waals surface area contributed by atoms with Gasteiger partial charge in [-0.2, -0.15) is 5.26 Å². The normalized spacial score (nSPS) is 13.2. The molecule has 17 heavy (non-hydrogen) atoms. The van der Waals surface area contributed by atoms with Gasteiger partial charge in [-0.1, -0.05) is 17.7 Å². The third-order valence-corrected chi connectivity index (χ3v) is 3.26. The number of halogens is 1. The highest BCUT2D eigenvalue weighted by molar-refractivity contribution is 6.31. The van der Waals surface area contributed by atoms with Crippen LogP contribution >= 0.6 is 11.6 Å². The number of anilines is 1. The van der Waals surface area contributed by atoms with Crippen LogP contribution in [0.15, 0.2) is 18.2 Å². The molecule has 4 nitrogen and oxygen atoms in total. The molecule has 0 fully saturated rings. The number of aromatic nitrogens is 1. The molecule has 1 aliphatic rings. The highest BCUT2D eigenvalue weighted by Gasteiger charge is 2.17. The molecule has 0 spiro atoms. The van der Waals surface area contributed by atoms with Gasteiger partial charge < -0.3 is 9.88 Å².